The van der Waals surface area contributed by atoms with Crippen molar-refractivity contribution in [1.29, 1.82) is 0 Å². The molecule has 0 saturated carbocycles. The van der Waals surface area contributed by atoms with Crippen molar-refractivity contribution < 1.29 is 9.84 Å². The largest absolute Gasteiger partial charge is 0.396 e. The maximum absolute atomic E-state index is 9.39. The normalized spacial score (nSPS) is 12.8. The van der Waals surface area contributed by atoms with E-state index in [0.29, 0.717) is 6.61 Å². The first kappa shape index (κ1) is 13.2. The van der Waals surface area contributed by atoms with Crippen LogP contribution in [0.1, 0.15) is 36.0 Å². The second-order valence-electron chi connectivity index (χ2n) is 4.31. The zero-order chi connectivity index (χ0) is 12.0. The third-order valence-electron chi connectivity index (χ3n) is 2.75. The maximum atomic E-state index is 9.39. The third kappa shape index (κ3) is 3.62. The Morgan fingerprint density at radius 2 is 2.06 bits per heavy atom. The van der Waals surface area contributed by atoms with Crippen LogP contribution in [-0.2, 0) is 4.74 Å². The molecule has 2 nitrogen and oxygen atoms in total. The minimum Gasteiger partial charge on any atom is -0.396 e. The van der Waals surface area contributed by atoms with Gasteiger partial charge < -0.3 is 9.84 Å². The fraction of sp³-hybridized carbons (Fsp3) is 0.571. The first-order valence-corrected chi connectivity index (χ1v) is 5.94. The molecule has 2 heteroatoms. The van der Waals surface area contributed by atoms with E-state index >= 15 is 0 Å². The van der Waals surface area contributed by atoms with Gasteiger partial charge in [-0.3, -0.25) is 0 Å². The molecular weight excluding hydrogens is 200 g/mol. The summed E-state index contributed by atoms with van der Waals surface area (Å²) in [7, 11) is 0. The number of aliphatic hydroxyl groups excluding tert-OH is 1. The molecule has 0 bridgehead atoms. The van der Waals surface area contributed by atoms with Crippen LogP contribution in [0.15, 0.2) is 18.2 Å². The molecule has 1 rings (SSSR count). The molecule has 1 N–H and O–H groups in total. The van der Waals surface area contributed by atoms with Crippen molar-refractivity contribution in [3.8, 4) is 0 Å². The lowest BCUT2D eigenvalue weighted by Gasteiger charge is -2.17. The Morgan fingerprint density at radius 1 is 1.31 bits per heavy atom. The van der Waals surface area contributed by atoms with Gasteiger partial charge in [-0.15, -0.1) is 0 Å². The minimum atomic E-state index is 0.104. The van der Waals surface area contributed by atoms with Crippen molar-refractivity contribution in [1.82, 2.24) is 0 Å². The van der Waals surface area contributed by atoms with Gasteiger partial charge in [0.25, 0.3) is 0 Å². The lowest BCUT2D eigenvalue weighted by atomic mass is 9.95. The van der Waals surface area contributed by atoms with E-state index in [9.17, 15) is 5.11 Å². The van der Waals surface area contributed by atoms with Crippen LogP contribution in [0.4, 0.5) is 0 Å². The summed E-state index contributed by atoms with van der Waals surface area (Å²) in [5, 5.41) is 9.39. The van der Waals surface area contributed by atoms with E-state index in [0.717, 1.165) is 13.0 Å². The van der Waals surface area contributed by atoms with Crippen LogP contribution in [0.5, 0.6) is 0 Å². The van der Waals surface area contributed by atoms with Gasteiger partial charge in [0, 0.05) is 12.5 Å². The first-order chi connectivity index (χ1) is 7.69. The van der Waals surface area contributed by atoms with E-state index in [-0.39, 0.29) is 12.5 Å². The lowest BCUT2D eigenvalue weighted by Crippen LogP contribution is -2.13. The van der Waals surface area contributed by atoms with Crippen LogP contribution in [0.2, 0.25) is 0 Å². The number of hydrogen-bond acceptors (Lipinski definition) is 2. The molecule has 0 radical (unpaired) electrons. The monoisotopic (exact) mass is 222 g/mol. The molecule has 0 saturated heterocycles. The van der Waals surface area contributed by atoms with Gasteiger partial charge >= 0.3 is 0 Å². The molecule has 0 spiro atoms. The molecule has 0 aromatic heterocycles. The Hall–Kier alpha value is -0.860. The van der Waals surface area contributed by atoms with Gasteiger partial charge in [0.2, 0.25) is 0 Å². The molecule has 0 aliphatic rings. The van der Waals surface area contributed by atoms with E-state index in [1.807, 2.05) is 0 Å². The van der Waals surface area contributed by atoms with Gasteiger partial charge in [-0.25, -0.2) is 0 Å². The summed E-state index contributed by atoms with van der Waals surface area (Å²) in [5.41, 5.74) is 3.69. The lowest BCUT2D eigenvalue weighted by molar-refractivity contribution is 0.0997. The van der Waals surface area contributed by atoms with Crippen molar-refractivity contribution in [3.63, 3.8) is 0 Å². The van der Waals surface area contributed by atoms with Gasteiger partial charge in [0.15, 0.2) is 0 Å². The molecule has 90 valence electrons. The highest BCUT2D eigenvalue weighted by atomic mass is 16.5. The molecule has 1 aromatic rings. The second-order valence-corrected chi connectivity index (χ2v) is 4.31. The summed E-state index contributed by atoms with van der Waals surface area (Å²) in [6, 6.07) is 6.34. The van der Waals surface area contributed by atoms with Gasteiger partial charge in [-0.2, -0.15) is 0 Å². The number of ether oxygens (including phenoxy) is 1. The van der Waals surface area contributed by atoms with Crippen molar-refractivity contribution in [2.24, 2.45) is 0 Å². The quantitative estimate of drug-likeness (QED) is 0.750. The van der Waals surface area contributed by atoms with Crippen molar-refractivity contribution in [2.75, 3.05) is 19.8 Å². The molecule has 0 fully saturated rings. The molecule has 1 aromatic carbocycles. The molecule has 1 atom stereocenters. The zero-order valence-electron chi connectivity index (χ0n) is 10.5. The number of benzene rings is 1. The van der Waals surface area contributed by atoms with Gasteiger partial charge in [0.1, 0.15) is 0 Å². The molecule has 0 aliphatic heterocycles. The van der Waals surface area contributed by atoms with Crippen LogP contribution >= 0.6 is 0 Å². The van der Waals surface area contributed by atoms with Gasteiger partial charge in [-0.1, -0.05) is 30.7 Å². The summed E-state index contributed by atoms with van der Waals surface area (Å²) < 4.78 is 5.52. The fourth-order valence-corrected chi connectivity index (χ4v) is 1.89. The van der Waals surface area contributed by atoms with Crippen LogP contribution in [0, 0.1) is 13.8 Å². The Labute approximate surface area is 98.3 Å². The smallest absolute Gasteiger partial charge is 0.0556 e. The third-order valence-corrected chi connectivity index (χ3v) is 2.75. The topological polar surface area (TPSA) is 29.5 Å². The standard InChI is InChI=1S/C14H22O2/c1-4-7-16-10-13(9-15)14-6-5-11(2)8-12(14)3/h5-6,8,13,15H,4,7,9-10H2,1-3H3. The summed E-state index contributed by atoms with van der Waals surface area (Å²) in [6.45, 7) is 7.78. The van der Waals surface area contributed by atoms with Crippen LogP contribution in [0.3, 0.4) is 0 Å². The molecule has 1 unspecified atom stereocenters. The summed E-state index contributed by atoms with van der Waals surface area (Å²) in [4.78, 5) is 0. The van der Waals surface area contributed by atoms with Crippen molar-refractivity contribution in [3.05, 3.63) is 34.9 Å². The Balaban J connectivity index is 2.70. The highest BCUT2D eigenvalue weighted by Gasteiger charge is 2.12. The molecular formula is C14H22O2. The van der Waals surface area contributed by atoms with Crippen molar-refractivity contribution >= 4 is 0 Å². The van der Waals surface area contributed by atoms with E-state index in [1.54, 1.807) is 0 Å². The number of aliphatic hydroxyl groups is 1. The first-order valence-electron chi connectivity index (χ1n) is 5.94. The van der Waals surface area contributed by atoms with Gasteiger partial charge in [-0.05, 0) is 31.4 Å². The SMILES string of the molecule is CCCOCC(CO)c1ccc(C)cc1C. The number of hydrogen-bond donors (Lipinski definition) is 1. The minimum absolute atomic E-state index is 0.104. The molecule has 0 amide bonds. The van der Waals surface area contributed by atoms with E-state index in [2.05, 4.69) is 39.0 Å². The Kier molecular flexibility index (Phi) is 5.50. The Bertz CT molecular complexity index is 321. The summed E-state index contributed by atoms with van der Waals surface area (Å²) in [5.74, 6) is 0.104. The average molecular weight is 222 g/mol. The maximum Gasteiger partial charge on any atom is 0.0556 e. The van der Waals surface area contributed by atoms with Crippen molar-refractivity contribution in [2.45, 2.75) is 33.1 Å². The van der Waals surface area contributed by atoms with Crippen LogP contribution in [-0.4, -0.2) is 24.9 Å². The molecule has 0 heterocycles. The second kappa shape index (κ2) is 6.66. The summed E-state index contributed by atoms with van der Waals surface area (Å²) in [6.07, 6.45) is 1.02. The average Bonchev–Trinajstić information content (AvgIpc) is 2.26. The molecule has 0 aliphatic carbocycles. The predicted molar refractivity (Wildman–Crippen MR) is 66.9 cm³/mol. The zero-order valence-corrected chi connectivity index (χ0v) is 10.5. The van der Waals surface area contributed by atoms with Crippen LogP contribution in [0.25, 0.3) is 0 Å². The van der Waals surface area contributed by atoms with Gasteiger partial charge in [0.05, 0.1) is 13.2 Å². The fourth-order valence-electron chi connectivity index (χ4n) is 1.89. The highest BCUT2D eigenvalue weighted by molar-refractivity contribution is 5.33. The number of aryl methyl sites for hydroxylation is 2. The number of rotatable bonds is 6. The Morgan fingerprint density at radius 3 is 2.62 bits per heavy atom. The predicted octanol–water partition coefficient (Wildman–Crippen LogP) is 2.81. The van der Waals surface area contributed by atoms with E-state index < -0.39 is 0 Å². The van der Waals surface area contributed by atoms with Crippen LogP contribution < -0.4 is 0 Å². The summed E-state index contributed by atoms with van der Waals surface area (Å²) >= 11 is 0. The van der Waals surface area contributed by atoms with E-state index in [4.69, 9.17) is 4.74 Å². The highest BCUT2D eigenvalue weighted by Crippen LogP contribution is 2.21. The molecule has 16 heavy (non-hydrogen) atoms. The van der Waals surface area contributed by atoms with E-state index in [1.165, 1.54) is 16.7 Å².